The van der Waals surface area contributed by atoms with Crippen molar-refractivity contribution in [3.8, 4) is 17.0 Å². The van der Waals surface area contributed by atoms with E-state index in [4.69, 9.17) is 21.4 Å². The van der Waals surface area contributed by atoms with Gasteiger partial charge in [0.1, 0.15) is 12.4 Å². The number of alkyl halides is 3. The lowest BCUT2D eigenvalue weighted by Crippen LogP contribution is -2.36. The zero-order valence-electron chi connectivity index (χ0n) is 17.9. The lowest BCUT2D eigenvalue weighted by Gasteiger charge is -2.30. The lowest BCUT2D eigenvalue weighted by molar-refractivity contribution is -0.139. The molecule has 1 aromatic heterocycles. The monoisotopic (exact) mass is 491 g/mol. The summed E-state index contributed by atoms with van der Waals surface area (Å²) in [4.78, 5) is 20.3. The Bertz CT molecular complexity index is 1160. The van der Waals surface area contributed by atoms with Gasteiger partial charge in [-0.3, -0.25) is 0 Å². The van der Waals surface area contributed by atoms with Crippen LogP contribution in [0.25, 0.3) is 11.3 Å². The highest BCUT2D eigenvalue weighted by Gasteiger charge is 2.36. The van der Waals surface area contributed by atoms with Gasteiger partial charge in [0, 0.05) is 24.8 Å². The van der Waals surface area contributed by atoms with Gasteiger partial charge in [-0.2, -0.15) is 13.2 Å². The van der Waals surface area contributed by atoms with Gasteiger partial charge in [-0.1, -0.05) is 30.3 Å². The highest BCUT2D eigenvalue weighted by molar-refractivity contribution is 6.28. The number of halogens is 4. The van der Waals surface area contributed by atoms with Gasteiger partial charge in [0.05, 0.1) is 11.3 Å². The summed E-state index contributed by atoms with van der Waals surface area (Å²) < 4.78 is 46.8. The first kappa shape index (κ1) is 23.8. The molecule has 1 aliphatic heterocycles. The van der Waals surface area contributed by atoms with Crippen molar-refractivity contribution in [3.05, 3.63) is 76.7 Å². The molecule has 178 valence electrons. The third kappa shape index (κ3) is 5.41. The number of likely N-dealkylation sites (tertiary alicyclic amines) is 1. The molecule has 0 aliphatic carbocycles. The number of benzene rings is 2. The largest absolute Gasteiger partial charge is 0.488 e. The summed E-state index contributed by atoms with van der Waals surface area (Å²) in [5.41, 5.74) is 1.27. The number of hydrogen-bond acceptors (Lipinski definition) is 4. The van der Waals surface area contributed by atoms with Crippen LogP contribution >= 0.6 is 11.6 Å². The van der Waals surface area contributed by atoms with Gasteiger partial charge in [-0.05, 0) is 59.7 Å². The number of nitrogens with zero attached hydrogens (tertiary/aromatic N) is 3. The Morgan fingerprint density at radius 1 is 1.12 bits per heavy atom. The molecule has 4 rings (SSSR count). The zero-order valence-corrected chi connectivity index (χ0v) is 18.7. The molecular weight excluding hydrogens is 471 g/mol. The van der Waals surface area contributed by atoms with Gasteiger partial charge in [0.2, 0.25) is 5.28 Å². The molecule has 0 spiro atoms. The summed E-state index contributed by atoms with van der Waals surface area (Å²) >= 11 is 5.84. The van der Waals surface area contributed by atoms with Gasteiger partial charge in [0.25, 0.3) is 0 Å². The molecular formula is C24H21ClF3N3O3. The summed E-state index contributed by atoms with van der Waals surface area (Å²) in [5, 5.41) is 9.01. The molecule has 0 bridgehead atoms. The molecule has 34 heavy (non-hydrogen) atoms. The lowest BCUT2D eigenvalue weighted by atomic mass is 9.89. The first-order valence-electron chi connectivity index (χ1n) is 10.6. The SMILES string of the molecule is O=C(O)N1CCC(c2ccc(COc3c(-c4ccnc(Cl)n4)cccc3C(F)(F)F)cc2)CC1. The smallest absolute Gasteiger partial charge is 0.419 e. The van der Waals surface area contributed by atoms with E-state index in [9.17, 15) is 18.0 Å². The van der Waals surface area contributed by atoms with E-state index in [0.29, 0.717) is 18.7 Å². The summed E-state index contributed by atoms with van der Waals surface area (Å²) in [6.07, 6.45) is -2.70. The molecule has 0 saturated carbocycles. The highest BCUT2D eigenvalue weighted by Crippen LogP contribution is 2.42. The van der Waals surface area contributed by atoms with E-state index in [1.54, 1.807) is 0 Å². The third-order valence-electron chi connectivity index (χ3n) is 5.82. The van der Waals surface area contributed by atoms with E-state index < -0.39 is 17.8 Å². The second-order valence-electron chi connectivity index (χ2n) is 7.97. The standard InChI is InChI=1S/C24H21ClF3N3O3/c25-22-29-11-8-20(30-22)18-2-1-3-19(24(26,27)28)21(18)34-14-15-4-6-16(7-5-15)17-9-12-31(13-10-17)23(32)33/h1-8,11,17H,9-10,12-14H2,(H,32,33). The topological polar surface area (TPSA) is 75.5 Å². The Labute approximate surface area is 199 Å². The van der Waals surface area contributed by atoms with Crippen molar-refractivity contribution in [1.29, 1.82) is 0 Å². The van der Waals surface area contributed by atoms with Crippen LogP contribution in [-0.4, -0.2) is 39.2 Å². The van der Waals surface area contributed by atoms with Crippen molar-refractivity contribution in [1.82, 2.24) is 14.9 Å². The van der Waals surface area contributed by atoms with Crippen LogP contribution in [0.2, 0.25) is 5.28 Å². The Morgan fingerprint density at radius 2 is 1.82 bits per heavy atom. The van der Waals surface area contributed by atoms with Crippen molar-refractivity contribution >= 4 is 17.7 Å². The first-order chi connectivity index (χ1) is 16.2. The predicted molar refractivity (Wildman–Crippen MR) is 120 cm³/mol. The second kappa shape index (κ2) is 9.89. The summed E-state index contributed by atoms with van der Waals surface area (Å²) in [6, 6.07) is 12.7. The van der Waals surface area contributed by atoms with E-state index in [1.807, 2.05) is 24.3 Å². The zero-order chi connectivity index (χ0) is 24.3. The Kier molecular flexibility index (Phi) is 6.92. The number of amides is 1. The van der Waals surface area contributed by atoms with Gasteiger partial charge in [0.15, 0.2) is 0 Å². The fraction of sp³-hybridized carbons (Fsp3) is 0.292. The fourth-order valence-electron chi connectivity index (χ4n) is 4.05. The molecule has 1 N–H and O–H groups in total. The van der Waals surface area contributed by atoms with Crippen LogP contribution in [0, 0.1) is 0 Å². The summed E-state index contributed by atoms with van der Waals surface area (Å²) in [6.45, 7) is 0.889. The number of aromatic nitrogens is 2. The molecule has 0 atom stereocenters. The number of carbonyl (C=O) groups is 1. The quantitative estimate of drug-likeness (QED) is 0.427. The average Bonchev–Trinajstić information content (AvgIpc) is 2.82. The first-order valence-corrected chi connectivity index (χ1v) is 11.0. The minimum absolute atomic E-state index is 0.0728. The van der Waals surface area contributed by atoms with Crippen LogP contribution in [0.1, 0.15) is 35.4 Å². The van der Waals surface area contributed by atoms with Crippen molar-refractivity contribution in [2.45, 2.75) is 31.5 Å². The van der Waals surface area contributed by atoms with Crippen molar-refractivity contribution in [3.63, 3.8) is 0 Å². The number of para-hydroxylation sites is 1. The van der Waals surface area contributed by atoms with E-state index in [1.165, 1.54) is 29.3 Å². The van der Waals surface area contributed by atoms with Gasteiger partial charge < -0.3 is 14.7 Å². The third-order valence-corrected chi connectivity index (χ3v) is 6.00. The Hall–Kier alpha value is -3.33. The molecule has 0 radical (unpaired) electrons. The Balaban J connectivity index is 1.52. The fourth-order valence-corrected chi connectivity index (χ4v) is 4.20. The van der Waals surface area contributed by atoms with E-state index >= 15 is 0 Å². The predicted octanol–water partition coefficient (Wildman–Crippen LogP) is 6.25. The maximum absolute atomic E-state index is 13.7. The van der Waals surface area contributed by atoms with Crippen LogP contribution in [0.3, 0.4) is 0 Å². The molecule has 6 nitrogen and oxygen atoms in total. The Morgan fingerprint density at radius 3 is 2.44 bits per heavy atom. The van der Waals surface area contributed by atoms with Crippen LogP contribution < -0.4 is 4.74 Å². The van der Waals surface area contributed by atoms with Gasteiger partial charge in [-0.15, -0.1) is 0 Å². The maximum atomic E-state index is 13.7. The van der Waals surface area contributed by atoms with Crippen LogP contribution in [0.15, 0.2) is 54.7 Å². The number of piperidine rings is 1. The maximum Gasteiger partial charge on any atom is 0.419 e. The second-order valence-corrected chi connectivity index (χ2v) is 8.30. The number of hydrogen-bond donors (Lipinski definition) is 1. The van der Waals surface area contributed by atoms with Crippen molar-refractivity contribution in [2.24, 2.45) is 0 Å². The van der Waals surface area contributed by atoms with E-state index in [2.05, 4.69) is 9.97 Å². The van der Waals surface area contributed by atoms with Crippen LogP contribution in [0.4, 0.5) is 18.0 Å². The number of ether oxygens (including phenoxy) is 1. The van der Waals surface area contributed by atoms with Crippen molar-refractivity contribution < 1.29 is 27.8 Å². The molecule has 2 heterocycles. The molecule has 1 saturated heterocycles. The van der Waals surface area contributed by atoms with Crippen molar-refractivity contribution in [2.75, 3.05) is 13.1 Å². The highest BCUT2D eigenvalue weighted by atomic mass is 35.5. The minimum atomic E-state index is -4.61. The molecule has 1 fully saturated rings. The van der Waals surface area contributed by atoms with Gasteiger partial charge >= 0.3 is 12.3 Å². The van der Waals surface area contributed by atoms with Crippen LogP contribution in [-0.2, 0) is 12.8 Å². The number of carboxylic acid groups (broad SMARTS) is 1. The average molecular weight is 492 g/mol. The normalized spacial score (nSPS) is 14.8. The van der Waals surface area contributed by atoms with E-state index in [-0.39, 0.29) is 34.8 Å². The summed E-state index contributed by atoms with van der Waals surface area (Å²) in [7, 11) is 0. The molecule has 1 amide bonds. The van der Waals surface area contributed by atoms with E-state index in [0.717, 1.165) is 24.5 Å². The molecule has 3 aromatic rings. The minimum Gasteiger partial charge on any atom is -0.488 e. The molecule has 0 unspecified atom stereocenters. The summed E-state index contributed by atoms with van der Waals surface area (Å²) in [5.74, 6) is -0.0828. The number of rotatable bonds is 5. The molecule has 1 aliphatic rings. The molecule has 10 heteroatoms. The van der Waals surface area contributed by atoms with Gasteiger partial charge in [-0.25, -0.2) is 14.8 Å². The molecule has 2 aromatic carbocycles. The van der Waals surface area contributed by atoms with Crippen LogP contribution in [0.5, 0.6) is 5.75 Å².